The molecular weight excluding hydrogens is 285 g/mol. The molecule has 5 heteroatoms. The van der Waals surface area contributed by atoms with Gasteiger partial charge in [0.25, 0.3) is 0 Å². The van der Waals surface area contributed by atoms with E-state index in [1.807, 2.05) is 6.07 Å². The van der Waals surface area contributed by atoms with Crippen molar-refractivity contribution in [3.05, 3.63) is 56.5 Å². The third kappa shape index (κ3) is 2.36. The van der Waals surface area contributed by atoms with E-state index in [2.05, 4.69) is 0 Å². The van der Waals surface area contributed by atoms with Gasteiger partial charge in [0.15, 0.2) is 0 Å². The van der Waals surface area contributed by atoms with Crippen LogP contribution in [0.4, 0.5) is 13.2 Å². The zero-order valence-electron chi connectivity index (χ0n) is 10.6. The van der Waals surface area contributed by atoms with Gasteiger partial charge < -0.3 is 5.11 Å². The highest BCUT2D eigenvalue weighted by molar-refractivity contribution is 7.12. The number of fused-ring (bicyclic) bond motifs is 1. The summed E-state index contributed by atoms with van der Waals surface area (Å²) in [4.78, 5) is 1.69. The lowest BCUT2D eigenvalue weighted by Gasteiger charge is -2.11. The minimum absolute atomic E-state index is 0.481. The molecule has 1 aromatic heterocycles. The van der Waals surface area contributed by atoms with Gasteiger partial charge >= 0.3 is 0 Å². The van der Waals surface area contributed by atoms with E-state index >= 15 is 0 Å². The van der Waals surface area contributed by atoms with E-state index in [4.69, 9.17) is 0 Å². The van der Waals surface area contributed by atoms with Gasteiger partial charge in [-0.1, -0.05) is 0 Å². The van der Waals surface area contributed by atoms with Gasteiger partial charge in [0.1, 0.15) is 23.6 Å². The third-order valence-electron chi connectivity index (χ3n) is 3.60. The summed E-state index contributed by atoms with van der Waals surface area (Å²) in [7, 11) is 0. The Hall–Kier alpha value is -1.33. The fourth-order valence-corrected chi connectivity index (χ4v) is 3.86. The van der Waals surface area contributed by atoms with E-state index in [9.17, 15) is 18.3 Å². The Balaban J connectivity index is 2.00. The summed E-state index contributed by atoms with van der Waals surface area (Å²) in [5.74, 6) is -3.09. The van der Waals surface area contributed by atoms with Crippen molar-refractivity contribution in [2.45, 2.75) is 31.8 Å². The van der Waals surface area contributed by atoms with Gasteiger partial charge in [-0.2, -0.15) is 0 Å². The first-order valence-corrected chi connectivity index (χ1v) is 7.32. The Bertz CT molecular complexity index is 604. The van der Waals surface area contributed by atoms with Crippen molar-refractivity contribution in [3.8, 4) is 0 Å². The van der Waals surface area contributed by atoms with E-state index in [1.165, 1.54) is 16.2 Å². The number of aryl methyl sites for hydroxylation is 2. The van der Waals surface area contributed by atoms with E-state index in [-0.39, 0.29) is 0 Å². The average Bonchev–Trinajstić information content (AvgIpc) is 2.81. The van der Waals surface area contributed by atoms with Crippen molar-refractivity contribution in [1.29, 1.82) is 0 Å². The van der Waals surface area contributed by atoms with Gasteiger partial charge in [-0.05, 0) is 37.3 Å². The molecule has 3 rings (SSSR count). The van der Waals surface area contributed by atoms with Crippen LogP contribution in [0.1, 0.15) is 39.8 Å². The summed E-state index contributed by atoms with van der Waals surface area (Å²) in [5.41, 5.74) is 0.670. The zero-order chi connectivity index (χ0) is 14.3. The number of aliphatic hydroxyl groups is 1. The first-order valence-electron chi connectivity index (χ1n) is 6.50. The second kappa shape index (κ2) is 5.22. The molecule has 0 radical (unpaired) electrons. The van der Waals surface area contributed by atoms with Crippen LogP contribution in [0.25, 0.3) is 0 Å². The molecule has 0 aliphatic heterocycles. The summed E-state index contributed by atoms with van der Waals surface area (Å²) in [6.07, 6.45) is 2.70. The van der Waals surface area contributed by atoms with Crippen LogP contribution in [-0.4, -0.2) is 5.11 Å². The number of aliphatic hydroxyl groups excluding tert-OH is 1. The Kier molecular flexibility index (Phi) is 3.56. The highest BCUT2D eigenvalue weighted by Crippen LogP contribution is 2.36. The summed E-state index contributed by atoms with van der Waals surface area (Å²) >= 11 is 1.38. The van der Waals surface area contributed by atoms with Crippen LogP contribution in [0.3, 0.4) is 0 Å². The maximum atomic E-state index is 13.7. The Labute approximate surface area is 118 Å². The predicted molar refractivity (Wildman–Crippen MR) is 71.3 cm³/mol. The van der Waals surface area contributed by atoms with Crippen LogP contribution in [0.2, 0.25) is 0 Å². The van der Waals surface area contributed by atoms with Crippen LogP contribution < -0.4 is 0 Å². The van der Waals surface area contributed by atoms with Gasteiger partial charge in [0.2, 0.25) is 0 Å². The van der Waals surface area contributed by atoms with Crippen molar-refractivity contribution in [3.63, 3.8) is 0 Å². The fraction of sp³-hybridized carbons (Fsp3) is 0.333. The molecule has 1 aromatic carbocycles. The smallest absolute Gasteiger partial charge is 0.135 e. The Morgan fingerprint density at radius 2 is 1.65 bits per heavy atom. The lowest BCUT2D eigenvalue weighted by atomic mass is 9.98. The number of hydrogen-bond acceptors (Lipinski definition) is 2. The second-order valence-corrected chi connectivity index (χ2v) is 6.16. The molecule has 1 atom stereocenters. The predicted octanol–water partition coefficient (Wildman–Crippen LogP) is 4.13. The molecule has 0 bridgehead atoms. The van der Waals surface area contributed by atoms with Gasteiger partial charge in [0, 0.05) is 21.9 Å². The molecule has 0 amide bonds. The standard InChI is InChI=1S/C15H13F3OS/c16-9-6-10(17)14(11(18)7-9)15(19)13-5-8-3-1-2-4-12(8)20-13/h5-7,15,19H,1-4H2. The van der Waals surface area contributed by atoms with Crippen molar-refractivity contribution in [2.24, 2.45) is 0 Å². The SMILES string of the molecule is OC(c1cc2c(s1)CCCC2)c1c(F)cc(F)cc1F. The molecular formula is C15H13F3OS. The highest BCUT2D eigenvalue weighted by atomic mass is 32.1. The van der Waals surface area contributed by atoms with Crippen LogP contribution in [-0.2, 0) is 12.8 Å². The number of benzene rings is 1. The quantitative estimate of drug-likeness (QED) is 0.884. The number of hydrogen-bond donors (Lipinski definition) is 1. The normalized spacial score (nSPS) is 16.0. The zero-order valence-corrected chi connectivity index (χ0v) is 11.4. The summed E-state index contributed by atoms with van der Waals surface area (Å²) in [6.45, 7) is 0. The first-order chi connectivity index (χ1) is 9.56. The maximum Gasteiger partial charge on any atom is 0.135 e. The molecule has 1 nitrogen and oxygen atoms in total. The maximum absolute atomic E-state index is 13.7. The van der Waals surface area contributed by atoms with Gasteiger partial charge in [0.05, 0.1) is 5.56 Å². The van der Waals surface area contributed by atoms with Crippen molar-refractivity contribution < 1.29 is 18.3 Å². The lowest BCUT2D eigenvalue weighted by Crippen LogP contribution is -2.05. The fourth-order valence-electron chi connectivity index (χ4n) is 2.61. The summed E-state index contributed by atoms with van der Waals surface area (Å²) < 4.78 is 40.3. The highest BCUT2D eigenvalue weighted by Gasteiger charge is 2.24. The van der Waals surface area contributed by atoms with Crippen LogP contribution in [0, 0.1) is 17.5 Å². The molecule has 0 saturated heterocycles. The molecule has 1 aliphatic carbocycles. The second-order valence-electron chi connectivity index (χ2n) is 4.99. The molecule has 0 fully saturated rings. The number of thiophene rings is 1. The summed E-state index contributed by atoms with van der Waals surface area (Å²) in [6, 6.07) is 3.00. The van der Waals surface area contributed by atoms with Gasteiger partial charge in [-0.3, -0.25) is 0 Å². The molecule has 1 heterocycles. The molecule has 20 heavy (non-hydrogen) atoms. The van der Waals surface area contributed by atoms with E-state index in [1.54, 1.807) is 0 Å². The topological polar surface area (TPSA) is 20.2 Å². The third-order valence-corrected chi connectivity index (χ3v) is 4.89. The van der Waals surface area contributed by atoms with Crippen LogP contribution in [0.15, 0.2) is 18.2 Å². The first kappa shape index (κ1) is 13.6. The van der Waals surface area contributed by atoms with Crippen LogP contribution >= 0.6 is 11.3 Å². The number of rotatable bonds is 2. The van der Waals surface area contributed by atoms with Gasteiger partial charge in [-0.15, -0.1) is 11.3 Å². The van der Waals surface area contributed by atoms with Crippen molar-refractivity contribution >= 4 is 11.3 Å². The van der Waals surface area contributed by atoms with Crippen molar-refractivity contribution in [1.82, 2.24) is 0 Å². The average molecular weight is 298 g/mol. The minimum Gasteiger partial charge on any atom is -0.383 e. The lowest BCUT2D eigenvalue weighted by molar-refractivity contribution is 0.212. The molecule has 106 valence electrons. The van der Waals surface area contributed by atoms with E-state index < -0.39 is 29.1 Å². The largest absolute Gasteiger partial charge is 0.383 e. The van der Waals surface area contributed by atoms with Crippen molar-refractivity contribution in [2.75, 3.05) is 0 Å². The molecule has 1 N–H and O–H groups in total. The Morgan fingerprint density at radius 3 is 2.30 bits per heavy atom. The van der Waals surface area contributed by atoms with E-state index in [0.717, 1.165) is 31.2 Å². The van der Waals surface area contributed by atoms with Crippen LogP contribution in [0.5, 0.6) is 0 Å². The molecule has 2 aromatic rings. The van der Waals surface area contributed by atoms with E-state index in [0.29, 0.717) is 17.0 Å². The molecule has 0 spiro atoms. The molecule has 1 unspecified atom stereocenters. The monoisotopic (exact) mass is 298 g/mol. The molecule has 1 aliphatic rings. The number of halogens is 3. The Morgan fingerprint density at radius 1 is 1.00 bits per heavy atom. The van der Waals surface area contributed by atoms with Gasteiger partial charge in [-0.25, -0.2) is 13.2 Å². The summed E-state index contributed by atoms with van der Waals surface area (Å²) in [5, 5.41) is 10.2. The molecule has 0 saturated carbocycles. The minimum atomic E-state index is -1.38.